The Kier molecular flexibility index (Phi) is 37900000. The van der Waals surface area contributed by atoms with E-state index < -0.39 is 0 Å². The Morgan fingerprint density at radius 3 is 0.286 bits per heavy atom. The second-order valence-corrected chi connectivity index (χ2v) is 0. The molecular formula is CrF6-4. The first-order chi connectivity index (χ1) is 0. The van der Waals surface area contributed by atoms with E-state index in [1.165, 1.54) is 0 Å². The van der Waals surface area contributed by atoms with Gasteiger partial charge in [0.1, 0.15) is 0 Å². The first kappa shape index (κ1) is 21000. The van der Waals surface area contributed by atoms with Crippen LogP contribution in [0.5, 0.6) is 0 Å². The van der Waals surface area contributed by atoms with E-state index in [4.69, 9.17) is 0 Å². The third kappa shape index (κ3) is 8170. The molecule has 0 nitrogen and oxygen atoms in total. The Morgan fingerprint density at radius 2 is 0.286 bits per heavy atom. The molecule has 7 heteroatoms. The van der Waals surface area contributed by atoms with Gasteiger partial charge < -0.3 is 28.2 Å². The second kappa shape index (κ2) is 12600. The van der Waals surface area contributed by atoms with Crippen molar-refractivity contribution < 1.29 is 45.6 Å². The van der Waals surface area contributed by atoms with Gasteiger partial charge in [-0.1, -0.05) is 0 Å². The maximum absolute atomic E-state index is 0. The monoisotopic (exact) mass is 166 g/mol. The predicted molar refractivity (Wildman–Crippen MR) is 0 cm³/mol. The SMILES string of the molecule is [Cr+2].[F-].[F-].[F-].[F-].[F-].[F-]. The third-order valence-electron chi connectivity index (χ3n) is 0. The first-order valence-corrected chi connectivity index (χ1v) is 0. The molecule has 0 saturated carbocycles. The summed E-state index contributed by atoms with van der Waals surface area (Å²) in [6.07, 6.45) is 0. The largest absolute Gasteiger partial charge is 2.00 e. The Hall–Kier alpha value is 0.112. The quantitative estimate of drug-likeness (QED) is 0.313. The summed E-state index contributed by atoms with van der Waals surface area (Å²) in [5.74, 6) is 0. The van der Waals surface area contributed by atoms with Gasteiger partial charge in [0, 0.05) is 0 Å². The van der Waals surface area contributed by atoms with Crippen molar-refractivity contribution in [3.8, 4) is 0 Å². The zero-order chi connectivity index (χ0) is 0. The molecular weight excluding hydrogens is 166 g/mol. The molecule has 0 radical (unpaired) electrons. The van der Waals surface area contributed by atoms with Gasteiger partial charge in [0.25, 0.3) is 0 Å². The first-order valence-electron chi connectivity index (χ1n) is 0. The number of halogens is 6. The molecule has 0 unspecified atom stereocenters. The minimum Gasteiger partial charge on any atom is -1.00 e. The molecule has 0 amide bonds. The Labute approximate surface area is 46.6 Å². The van der Waals surface area contributed by atoms with E-state index in [0.717, 1.165) is 0 Å². The molecule has 0 aliphatic carbocycles. The number of rotatable bonds is 0. The van der Waals surface area contributed by atoms with Crippen LogP contribution in [0.4, 0.5) is 0 Å². The summed E-state index contributed by atoms with van der Waals surface area (Å²) < 4.78 is 0. The average molecular weight is 166 g/mol. The van der Waals surface area contributed by atoms with Gasteiger partial charge in [-0.2, -0.15) is 0 Å². The summed E-state index contributed by atoms with van der Waals surface area (Å²) in [6.45, 7) is 0. The molecule has 52 valence electrons. The van der Waals surface area contributed by atoms with Crippen LogP contribution >= 0.6 is 0 Å². The van der Waals surface area contributed by atoms with Gasteiger partial charge in [0.2, 0.25) is 0 Å². The molecule has 0 spiro atoms. The van der Waals surface area contributed by atoms with Gasteiger partial charge in [-0.3, -0.25) is 0 Å². The zero-order valence-electron chi connectivity index (χ0n) is 2.68. The molecule has 0 aliphatic rings. The molecule has 0 fully saturated rings. The third-order valence-corrected chi connectivity index (χ3v) is 0. The van der Waals surface area contributed by atoms with Gasteiger partial charge in [-0.05, 0) is 0 Å². The predicted octanol–water partition coefficient (Wildman–Crippen LogP) is -18.0. The molecule has 0 bridgehead atoms. The van der Waals surface area contributed by atoms with E-state index in [1.807, 2.05) is 0 Å². The summed E-state index contributed by atoms with van der Waals surface area (Å²) in [5, 5.41) is 0. The molecule has 7 heavy (non-hydrogen) atoms. The second-order valence-electron chi connectivity index (χ2n) is 0. The normalized spacial score (nSPS) is 0. The van der Waals surface area contributed by atoms with E-state index in [9.17, 15) is 0 Å². The van der Waals surface area contributed by atoms with Crippen molar-refractivity contribution in [1.82, 2.24) is 0 Å². The Bertz CT molecular complexity index is 4.14. The van der Waals surface area contributed by atoms with Crippen molar-refractivity contribution in [2.24, 2.45) is 0 Å². The summed E-state index contributed by atoms with van der Waals surface area (Å²) in [6, 6.07) is 0. The van der Waals surface area contributed by atoms with Crippen molar-refractivity contribution in [3.63, 3.8) is 0 Å². The van der Waals surface area contributed by atoms with Crippen LogP contribution in [-0.2, 0) is 17.4 Å². The topological polar surface area (TPSA) is 0 Å². The van der Waals surface area contributed by atoms with Crippen LogP contribution in [0.15, 0.2) is 0 Å². The van der Waals surface area contributed by atoms with Crippen LogP contribution in [0, 0.1) is 0 Å². The maximum atomic E-state index is 0. The standard InChI is InChI=1S/Cr.6FH/h;6*1H/q+2;;;;;;/p-6. The average Bonchev–Trinajstić information content (AvgIpc) is 0. The molecule has 0 atom stereocenters. The number of hydrogen-bond acceptors (Lipinski definition) is 0. The van der Waals surface area contributed by atoms with E-state index in [1.54, 1.807) is 0 Å². The molecule has 0 rings (SSSR count). The number of hydrogen-bond donors (Lipinski definition) is 0. The van der Waals surface area contributed by atoms with E-state index in [2.05, 4.69) is 0 Å². The van der Waals surface area contributed by atoms with Gasteiger partial charge >= 0.3 is 17.4 Å². The summed E-state index contributed by atoms with van der Waals surface area (Å²) in [4.78, 5) is 0. The molecule has 0 saturated heterocycles. The van der Waals surface area contributed by atoms with Crippen LogP contribution < -0.4 is 28.2 Å². The maximum Gasteiger partial charge on any atom is 2.00 e. The van der Waals surface area contributed by atoms with E-state index >= 15 is 0 Å². The van der Waals surface area contributed by atoms with Crippen LogP contribution in [-0.4, -0.2) is 0 Å². The molecule has 0 aliphatic heterocycles. The summed E-state index contributed by atoms with van der Waals surface area (Å²) >= 11 is 0. The minimum absolute atomic E-state index is 0. The molecule has 0 heterocycles. The Balaban J connectivity index is 0. The fourth-order valence-electron chi connectivity index (χ4n) is 0. The van der Waals surface area contributed by atoms with Crippen LogP contribution in [0.2, 0.25) is 0 Å². The van der Waals surface area contributed by atoms with Crippen LogP contribution in [0.25, 0.3) is 0 Å². The van der Waals surface area contributed by atoms with Crippen molar-refractivity contribution in [3.05, 3.63) is 0 Å². The van der Waals surface area contributed by atoms with Crippen molar-refractivity contribution in [2.75, 3.05) is 0 Å². The zero-order valence-corrected chi connectivity index (χ0v) is 3.95. The van der Waals surface area contributed by atoms with Crippen LogP contribution in [0.3, 0.4) is 0 Å². The summed E-state index contributed by atoms with van der Waals surface area (Å²) in [7, 11) is 0. The van der Waals surface area contributed by atoms with Crippen molar-refractivity contribution in [2.45, 2.75) is 0 Å². The van der Waals surface area contributed by atoms with Gasteiger partial charge in [0.15, 0.2) is 0 Å². The van der Waals surface area contributed by atoms with E-state index in [-0.39, 0.29) is 45.6 Å². The van der Waals surface area contributed by atoms with E-state index in [0.29, 0.717) is 0 Å². The Morgan fingerprint density at radius 1 is 0.286 bits per heavy atom. The fourth-order valence-corrected chi connectivity index (χ4v) is 0. The summed E-state index contributed by atoms with van der Waals surface area (Å²) in [5.41, 5.74) is 0. The van der Waals surface area contributed by atoms with Gasteiger partial charge in [-0.15, -0.1) is 0 Å². The smallest absolute Gasteiger partial charge is 1.00 e. The molecule has 0 aromatic heterocycles. The van der Waals surface area contributed by atoms with Gasteiger partial charge in [-0.25, -0.2) is 0 Å². The fraction of sp³-hybridized carbons (Fsp3) is 0. The van der Waals surface area contributed by atoms with Gasteiger partial charge in [0.05, 0.1) is 0 Å². The molecule has 0 aromatic rings. The van der Waals surface area contributed by atoms with Crippen LogP contribution in [0.1, 0.15) is 0 Å². The minimum atomic E-state index is 0. The van der Waals surface area contributed by atoms with Crippen molar-refractivity contribution in [1.29, 1.82) is 0 Å². The molecule has 0 aromatic carbocycles. The van der Waals surface area contributed by atoms with Crippen molar-refractivity contribution >= 4 is 0 Å². The molecule has 0 N–H and O–H groups in total.